The molecule has 30 heavy (non-hydrogen) atoms. The average molecular weight is 393 g/mol. The summed E-state index contributed by atoms with van der Waals surface area (Å²) in [4.78, 5) is 12.6. The molecule has 4 rings (SSSR count). The lowest BCUT2D eigenvalue weighted by Gasteiger charge is -2.13. The number of hydrogen-bond donors (Lipinski definition) is 1. The normalized spacial score (nSPS) is 12.3. The summed E-state index contributed by atoms with van der Waals surface area (Å²) in [5.41, 5.74) is 3.36. The minimum atomic E-state index is -0.414. The minimum absolute atomic E-state index is 0.0369. The van der Waals surface area contributed by atoms with Gasteiger partial charge in [-0.05, 0) is 36.3 Å². The highest BCUT2D eigenvalue weighted by atomic mass is 16.5. The van der Waals surface area contributed by atoms with Gasteiger partial charge in [0.25, 0.3) is 5.91 Å². The molecule has 0 aliphatic heterocycles. The number of carbonyl (C=O) groups excluding carboxylic acids is 1. The molecule has 0 radical (unpaired) electrons. The van der Waals surface area contributed by atoms with Gasteiger partial charge in [0.05, 0.1) is 11.4 Å². The first kappa shape index (κ1) is 19.2. The summed E-state index contributed by atoms with van der Waals surface area (Å²) in [6.07, 6.45) is 1.58. The number of carbonyl (C=O) groups is 1. The van der Waals surface area contributed by atoms with Crippen LogP contribution in [-0.2, 0) is 4.79 Å². The third-order valence-electron chi connectivity index (χ3n) is 4.86. The van der Waals surface area contributed by atoms with E-state index >= 15 is 0 Å². The molecule has 146 valence electrons. The molecule has 1 atom stereocenters. The first-order chi connectivity index (χ1) is 14.7. The lowest BCUT2D eigenvalue weighted by Crippen LogP contribution is -2.27. The molecule has 0 bridgehead atoms. The van der Waals surface area contributed by atoms with E-state index in [-0.39, 0.29) is 11.6 Å². The van der Waals surface area contributed by atoms with Gasteiger partial charge in [0.1, 0.15) is 17.2 Å². The lowest BCUT2D eigenvalue weighted by molar-refractivity contribution is -0.117. The van der Waals surface area contributed by atoms with E-state index < -0.39 is 5.91 Å². The second-order valence-corrected chi connectivity index (χ2v) is 6.93. The first-order valence-corrected chi connectivity index (χ1v) is 9.58. The van der Waals surface area contributed by atoms with Crippen LogP contribution in [0, 0.1) is 11.3 Å². The molecule has 1 N–H and O–H groups in total. The predicted molar refractivity (Wildman–Crippen MR) is 116 cm³/mol. The second kappa shape index (κ2) is 8.46. The van der Waals surface area contributed by atoms with Crippen LogP contribution in [0.2, 0.25) is 0 Å². The largest absolute Gasteiger partial charge is 0.355 e. The number of hydrogen-bond acceptors (Lipinski definition) is 4. The molecule has 0 fully saturated rings. The average Bonchev–Trinajstić information content (AvgIpc) is 3.21. The Kier molecular flexibility index (Phi) is 5.40. The third-order valence-corrected chi connectivity index (χ3v) is 4.86. The SMILES string of the molecule is CC(NC(=O)C(C#N)=Cc1ccc2noc(-c3ccccc3)c2c1)c1ccccc1. The van der Waals surface area contributed by atoms with Gasteiger partial charge in [0.2, 0.25) is 0 Å². The Bertz CT molecular complexity index is 1250. The van der Waals surface area contributed by atoms with Crippen molar-refractivity contribution in [2.24, 2.45) is 0 Å². The Hall–Kier alpha value is -4.17. The highest BCUT2D eigenvalue weighted by Crippen LogP contribution is 2.29. The van der Waals surface area contributed by atoms with Gasteiger partial charge in [-0.3, -0.25) is 4.79 Å². The molecule has 4 aromatic rings. The van der Waals surface area contributed by atoms with Crippen molar-refractivity contribution < 1.29 is 9.32 Å². The van der Waals surface area contributed by atoms with Crippen LogP contribution in [0.4, 0.5) is 0 Å². The molecule has 0 saturated carbocycles. The zero-order chi connectivity index (χ0) is 20.9. The van der Waals surface area contributed by atoms with Crippen molar-refractivity contribution in [1.29, 1.82) is 5.26 Å². The number of rotatable bonds is 5. The topological polar surface area (TPSA) is 78.9 Å². The molecule has 0 saturated heterocycles. The van der Waals surface area contributed by atoms with E-state index in [4.69, 9.17) is 4.52 Å². The molecule has 0 spiro atoms. The molecule has 5 heteroatoms. The van der Waals surface area contributed by atoms with Crippen molar-refractivity contribution in [2.45, 2.75) is 13.0 Å². The lowest BCUT2D eigenvalue weighted by atomic mass is 10.0. The molecular weight excluding hydrogens is 374 g/mol. The third kappa shape index (κ3) is 3.98. The molecule has 3 aromatic carbocycles. The highest BCUT2D eigenvalue weighted by molar-refractivity contribution is 6.02. The zero-order valence-corrected chi connectivity index (χ0v) is 16.4. The maximum atomic E-state index is 12.6. The van der Waals surface area contributed by atoms with Crippen molar-refractivity contribution in [1.82, 2.24) is 10.5 Å². The summed E-state index contributed by atoms with van der Waals surface area (Å²) in [6.45, 7) is 1.89. The molecular formula is C25H19N3O2. The highest BCUT2D eigenvalue weighted by Gasteiger charge is 2.15. The van der Waals surface area contributed by atoms with Gasteiger partial charge in [0, 0.05) is 5.56 Å². The van der Waals surface area contributed by atoms with Crippen molar-refractivity contribution in [3.05, 3.63) is 95.6 Å². The van der Waals surface area contributed by atoms with Crippen LogP contribution in [-0.4, -0.2) is 11.1 Å². The maximum Gasteiger partial charge on any atom is 0.262 e. The van der Waals surface area contributed by atoms with Crippen LogP contribution >= 0.6 is 0 Å². The zero-order valence-electron chi connectivity index (χ0n) is 16.4. The number of amides is 1. The molecule has 1 aromatic heterocycles. The van der Waals surface area contributed by atoms with Gasteiger partial charge in [-0.25, -0.2) is 0 Å². The van der Waals surface area contributed by atoms with E-state index in [1.807, 2.05) is 91.9 Å². The van der Waals surface area contributed by atoms with Gasteiger partial charge < -0.3 is 9.84 Å². The van der Waals surface area contributed by atoms with Crippen LogP contribution < -0.4 is 5.32 Å². The molecule has 1 heterocycles. The Morgan fingerprint density at radius 2 is 1.77 bits per heavy atom. The van der Waals surface area contributed by atoms with Crippen molar-refractivity contribution in [3.63, 3.8) is 0 Å². The summed E-state index contributed by atoms with van der Waals surface area (Å²) < 4.78 is 5.52. The fraction of sp³-hybridized carbons (Fsp3) is 0.0800. The molecule has 0 aliphatic carbocycles. The van der Waals surface area contributed by atoms with Crippen molar-refractivity contribution in [2.75, 3.05) is 0 Å². The van der Waals surface area contributed by atoms with Crippen LogP contribution in [0.5, 0.6) is 0 Å². The smallest absolute Gasteiger partial charge is 0.262 e. The summed E-state index contributed by atoms with van der Waals surface area (Å²) in [5, 5.41) is 17.3. The van der Waals surface area contributed by atoms with Crippen molar-refractivity contribution >= 4 is 22.9 Å². The van der Waals surface area contributed by atoms with E-state index in [1.165, 1.54) is 0 Å². The van der Waals surface area contributed by atoms with E-state index in [0.29, 0.717) is 11.3 Å². The number of nitrogens with one attached hydrogen (secondary N) is 1. The number of aromatic nitrogens is 1. The van der Waals surface area contributed by atoms with Crippen LogP contribution in [0.15, 0.2) is 89.0 Å². The van der Waals surface area contributed by atoms with Crippen LogP contribution in [0.1, 0.15) is 24.1 Å². The summed E-state index contributed by atoms with van der Waals surface area (Å²) >= 11 is 0. The van der Waals surface area contributed by atoms with E-state index in [0.717, 1.165) is 22.1 Å². The van der Waals surface area contributed by atoms with Crippen LogP contribution in [0.25, 0.3) is 28.3 Å². The Morgan fingerprint density at radius 3 is 2.47 bits per heavy atom. The minimum Gasteiger partial charge on any atom is -0.355 e. The maximum absolute atomic E-state index is 12.6. The standard InChI is InChI=1S/C25H19N3O2/c1-17(19-8-4-2-5-9-19)27-25(29)21(16-26)14-18-12-13-23-22(15-18)24(30-28-23)20-10-6-3-7-11-20/h2-15,17H,1H3,(H,27,29). The second-order valence-electron chi connectivity index (χ2n) is 6.93. The first-order valence-electron chi connectivity index (χ1n) is 9.58. The number of nitriles is 1. The van der Waals surface area contributed by atoms with Crippen LogP contribution in [0.3, 0.4) is 0 Å². The molecule has 1 amide bonds. The summed E-state index contributed by atoms with van der Waals surface area (Å²) in [7, 11) is 0. The monoisotopic (exact) mass is 393 g/mol. The van der Waals surface area contributed by atoms with Gasteiger partial charge in [-0.15, -0.1) is 0 Å². The predicted octanol–water partition coefficient (Wildman–Crippen LogP) is 5.28. The van der Waals surface area contributed by atoms with Gasteiger partial charge >= 0.3 is 0 Å². The van der Waals surface area contributed by atoms with E-state index in [2.05, 4.69) is 10.5 Å². The fourth-order valence-electron chi connectivity index (χ4n) is 3.26. The van der Waals surface area contributed by atoms with Crippen molar-refractivity contribution in [3.8, 4) is 17.4 Å². The Balaban J connectivity index is 1.62. The number of fused-ring (bicyclic) bond motifs is 1. The Labute approximate surface area is 174 Å². The Morgan fingerprint density at radius 1 is 1.07 bits per heavy atom. The molecule has 1 unspecified atom stereocenters. The fourth-order valence-corrected chi connectivity index (χ4v) is 3.26. The van der Waals surface area contributed by atoms with E-state index in [9.17, 15) is 10.1 Å². The summed E-state index contributed by atoms with van der Waals surface area (Å²) in [5.74, 6) is 0.240. The number of nitrogens with zero attached hydrogens (tertiary/aromatic N) is 2. The van der Waals surface area contributed by atoms with E-state index in [1.54, 1.807) is 6.08 Å². The molecule has 5 nitrogen and oxygen atoms in total. The van der Waals surface area contributed by atoms with Gasteiger partial charge in [-0.2, -0.15) is 5.26 Å². The van der Waals surface area contributed by atoms with Gasteiger partial charge in [-0.1, -0.05) is 71.9 Å². The quantitative estimate of drug-likeness (QED) is 0.370. The van der Waals surface area contributed by atoms with Gasteiger partial charge in [0.15, 0.2) is 5.76 Å². The summed E-state index contributed by atoms with van der Waals surface area (Å²) in [6, 6.07) is 26.6. The number of benzene rings is 3. The molecule has 0 aliphatic rings.